The lowest BCUT2D eigenvalue weighted by Crippen LogP contribution is -2.09. The maximum atomic E-state index is 12.0. The van der Waals surface area contributed by atoms with Crippen molar-refractivity contribution in [1.82, 2.24) is 19.7 Å². The molecule has 0 aliphatic heterocycles. The van der Waals surface area contributed by atoms with E-state index in [1.54, 1.807) is 4.68 Å². The first-order valence-corrected chi connectivity index (χ1v) is 5.85. The Hall–Kier alpha value is -1.56. The minimum absolute atomic E-state index is 0.0192. The first-order chi connectivity index (χ1) is 8.09. The lowest BCUT2D eigenvalue weighted by molar-refractivity contribution is 0.0990. The van der Waals surface area contributed by atoms with Crippen LogP contribution in [0.2, 0.25) is 0 Å². The first-order valence-electron chi connectivity index (χ1n) is 5.05. The van der Waals surface area contributed by atoms with Crippen LogP contribution in [0.25, 0.3) is 0 Å². The number of ketones is 1. The highest BCUT2D eigenvalue weighted by Crippen LogP contribution is 2.21. The third kappa shape index (κ3) is 2.41. The highest BCUT2D eigenvalue weighted by molar-refractivity contribution is 9.10. The smallest absolute Gasteiger partial charge is 0.171 e. The summed E-state index contributed by atoms with van der Waals surface area (Å²) in [5.41, 5.74) is 2.24. The van der Waals surface area contributed by atoms with Gasteiger partial charge in [0.25, 0.3) is 0 Å². The number of nitrogens with zero attached hydrogens (tertiary/aromatic N) is 4. The minimum Gasteiger partial charge on any atom is -0.294 e. The molecule has 2 aromatic rings. The number of rotatable bonds is 3. The van der Waals surface area contributed by atoms with Crippen LogP contribution in [-0.4, -0.2) is 25.5 Å². The Kier molecular flexibility index (Phi) is 3.33. The molecule has 6 heteroatoms. The van der Waals surface area contributed by atoms with Gasteiger partial charge in [-0.05, 0) is 22.9 Å². The molecule has 0 bridgehead atoms. The maximum absolute atomic E-state index is 12.0. The van der Waals surface area contributed by atoms with Crippen LogP contribution < -0.4 is 0 Å². The van der Waals surface area contributed by atoms with Crippen LogP contribution in [0.4, 0.5) is 0 Å². The third-order valence-electron chi connectivity index (χ3n) is 2.47. The summed E-state index contributed by atoms with van der Waals surface area (Å²) in [6.07, 6.45) is 4.73. The summed E-state index contributed by atoms with van der Waals surface area (Å²) in [6.45, 7) is 1.89. The number of aromatic nitrogens is 4. The van der Waals surface area contributed by atoms with Crippen LogP contribution in [-0.2, 0) is 13.5 Å². The summed E-state index contributed by atoms with van der Waals surface area (Å²) in [7, 11) is 1.82. The molecular weight excluding hydrogens is 284 g/mol. The first kappa shape index (κ1) is 11.9. The average molecular weight is 295 g/mol. The van der Waals surface area contributed by atoms with E-state index in [-0.39, 0.29) is 12.2 Å². The largest absolute Gasteiger partial charge is 0.294 e. The standard InChI is InChI=1S/C11H11BrN4O/c1-7-11(12)9(16(2)15-7)3-10(17)8-4-13-6-14-5-8/h4-6H,3H2,1-2H3. The molecule has 0 aliphatic rings. The Labute approximate surface area is 107 Å². The number of carbonyl (C=O) groups excluding carboxylic acids is 1. The van der Waals surface area contributed by atoms with E-state index in [4.69, 9.17) is 0 Å². The molecule has 2 heterocycles. The molecule has 2 aromatic heterocycles. The van der Waals surface area contributed by atoms with Crippen molar-refractivity contribution in [1.29, 1.82) is 0 Å². The molecule has 0 N–H and O–H groups in total. The van der Waals surface area contributed by atoms with E-state index in [9.17, 15) is 4.79 Å². The maximum Gasteiger partial charge on any atom is 0.171 e. The Bertz CT molecular complexity index is 550. The zero-order valence-electron chi connectivity index (χ0n) is 9.51. The van der Waals surface area contributed by atoms with E-state index < -0.39 is 0 Å². The van der Waals surface area contributed by atoms with E-state index >= 15 is 0 Å². The fourth-order valence-corrected chi connectivity index (χ4v) is 2.05. The van der Waals surface area contributed by atoms with Crippen LogP contribution in [0.3, 0.4) is 0 Å². The number of carbonyl (C=O) groups is 1. The minimum atomic E-state index is -0.0192. The van der Waals surface area contributed by atoms with E-state index in [2.05, 4.69) is 31.0 Å². The second-order valence-electron chi connectivity index (χ2n) is 3.70. The van der Waals surface area contributed by atoms with E-state index in [1.165, 1.54) is 18.7 Å². The molecule has 88 valence electrons. The lowest BCUT2D eigenvalue weighted by atomic mass is 10.1. The molecule has 0 radical (unpaired) electrons. The van der Waals surface area contributed by atoms with Crippen molar-refractivity contribution in [2.75, 3.05) is 0 Å². The number of hydrogen-bond acceptors (Lipinski definition) is 4. The van der Waals surface area contributed by atoms with Crippen molar-refractivity contribution >= 4 is 21.7 Å². The topological polar surface area (TPSA) is 60.7 Å². The van der Waals surface area contributed by atoms with Gasteiger partial charge < -0.3 is 0 Å². The van der Waals surface area contributed by atoms with Gasteiger partial charge in [-0.25, -0.2) is 9.97 Å². The Balaban J connectivity index is 2.25. The molecule has 0 fully saturated rings. The second-order valence-corrected chi connectivity index (χ2v) is 4.49. The van der Waals surface area contributed by atoms with E-state index in [0.29, 0.717) is 5.56 Å². The summed E-state index contributed by atoms with van der Waals surface area (Å²) >= 11 is 3.44. The third-order valence-corrected chi connectivity index (χ3v) is 3.50. The van der Waals surface area contributed by atoms with E-state index in [1.807, 2.05) is 14.0 Å². The van der Waals surface area contributed by atoms with Crippen LogP contribution in [0.15, 0.2) is 23.2 Å². The van der Waals surface area contributed by atoms with Gasteiger partial charge in [0.2, 0.25) is 0 Å². The predicted octanol–water partition coefficient (Wildman–Crippen LogP) is 1.71. The van der Waals surface area contributed by atoms with Gasteiger partial charge >= 0.3 is 0 Å². The molecule has 17 heavy (non-hydrogen) atoms. The quantitative estimate of drug-likeness (QED) is 0.809. The van der Waals surface area contributed by atoms with Gasteiger partial charge in [-0.3, -0.25) is 9.48 Å². The van der Waals surface area contributed by atoms with Gasteiger partial charge in [-0.1, -0.05) is 0 Å². The van der Waals surface area contributed by atoms with Gasteiger partial charge in [-0.15, -0.1) is 0 Å². The monoisotopic (exact) mass is 294 g/mol. The summed E-state index contributed by atoms with van der Waals surface area (Å²) in [5.74, 6) is -0.0192. The van der Waals surface area contributed by atoms with Gasteiger partial charge in [0, 0.05) is 19.4 Å². The fourth-order valence-electron chi connectivity index (χ4n) is 1.57. The van der Waals surface area contributed by atoms with E-state index in [0.717, 1.165) is 15.9 Å². The SMILES string of the molecule is Cc1nn(C)c(CC(=O)c2cncnc2)c1Br. The number of Topliss-reactive ketones (excluding diaryl/α,β-unsaturated/α-hetero) is 1. The number of halogens is 1. The fraction of sp³-hybridized carbons (Fsp3) is 0.273. The highest BCUT2D eigenvalue weighted by atomic mass is 79.9. The van der Waals surface area contributed by atoms with Gasteiger partial charge in [0.05, 0.1) is 27.8 Å². The van der Waals surface area contributed by atoms with Crippen LogP contribution >= 0.6 is 15.9 Å². The van der Waals surface area contributed by atoms with Crippen molar-refractivity contribution in [3.8, 4) is 0 Å². The van der Waals surface area contributed by atoms with Crippen molar-refractivity contribution in [2.45, 2.75) is 13.3 Å². The molecule has 5 nitrogen and oxygen atoms in total. The molecule has 2 rings (SSSR count). The highest BCUT2D eigenvalue weighted by Gasteiger charge is 2.15. The average Bonchev–Trinajstić information content (AvgIpc) is 2.57. The van der Waals surface area contributed by atoms with Gasteiger partial charge in [0.15, 0.2) is 5.78 Å². The van der Waals surface area contributed by atoms with Crippen molar-refractivity contribution in [3.05, 3.63) is 40.1 Å². The lowest BCUT2D eigenvalue weighted by Gasteiger charge is -2.02. The molecule has 0 aliphatic carbocycles. The molecule has 0 spiro atoms. The normalized spacial score (nSPS) is 10.5. The summed E-state index contributed by atoms with van der Waals surface area (Å²) in [5, 5.41) is 4.24. The molecule has 0 saturated heterocycles. The Morgan fingerprint density at radius 2 is 2.06 bits per heavy atom. The summed E-state index contributed by atoms with van der Waals surface area (Å²) in [6, 6.07) is 0. The van der Waals surface area contributed by atoms with Crippen LogP contribution in [0.5, 0.6) is 0 Å². The molecule has 0 saturated carbocycles. The number of aryl methyl sites for hydroxylation is 2. The van der Waals surface area contributed by atoms with Crippen molar-refractivity contribution < 1.29 is 4.79 Å². The Morgan fingerprint density at radius 1 is 1.41 bits per heavy atom. The second kappa shape index (κ2) is 4.75. The van der Waals surface area contributed by atoms with Crippen molar-refractivity contribution in [3.63, 3.8) is 0 Å². The summed E-state index contributed by atoms with van der Waals surface area (Å²) < 4.78 is 2.59. The van der Waals surface area contributed by atoms with Gasteiger partial charge in [0.1, 0.15) is 6.33 Å². The summed E-state index contributed by atoms with van der Waals surface area (Å²) in [4.78, 5) is 19.6. The molecule has 0 amide bonds. The van der Waals surface area contributed by atoms with Gasteiger partial charge in [-0.2, -0.15) is 5.10 Å². The Morgan fingerprint density at radius 3 is 2.59 bits per heavy atom. The zero-order valence-corrected chi connectivity index (χ0v) is 11.1. The zero-order chi connectivity index (χ0) is 12.4. The molecule has 0 unspecified atom stereocenters. The van der Waals surface area contributed by atoms with Crippen molar-refractivity contribution in [2.24, 2.45) is 7.05 Å². The molecule has 0 atom stereocenters. The number of hydrogen-bond donors (Lipinski definition) is 0. The molecular formula is C11H11BrN4O. The molecule has 0 aromatic carbocycles. The van der Waals surface area contributed by atoms with Crippen LogP contribution in [0.1, 0.15) is 21.7 Å². The predicted molar refractivity (Wildman–Crippen MR) is 65.7 cm³/mol. The van der Waals surface area contributed by atoms with Crippen LogP contribution in [0, 0.1) is 6.92 Å².